The van der Waals surface area contributed by atoms with Crippen molar-refractivity contribution in [1.29, 1.82) is 0 Å². The molecule has 35 heavy (non-hydrogen) atoms. The van der Waals surface area contributed by atoms with Crippen molar-refractivity contribution in [2.75, 3.05) is 6.61 Å². The normalized spacial score (nSPS) is 11.7. The van der Waals surface area contributed by atoms with Gasteiger partial charge in [0, 0.05) is 6.42 Å². The lowest BCUT2D eigenvalue weighted by atomic mass is 10.1. The Morgan fingerprint density at radius 1 is 0.686 bits per heavy atom. The van der Waals surface area contributed by atoms with E-state index >= 15 is 0 Å². The van der Waals surface area contributed by atoms with E-state index < -0.39 is 12.2 Å². The van der Waals surface area contributed by atoms with Crippen LogP contribution in [0.2, 0.25) is 0 Å². The second-order valence-corrected chi connectivity index (χ2v) is 8.26. The fourth-order valence-electron chi connectivity index (χ4n) is 3.20. The van der Waals surface area contributed by atoms with Gasteiger partial charge in [-0.1, -0.05) is 86.7 Å². The standard InChI is InChI=1S/C32H42O3/c1-2-31(34)27-23-19-16-14-12-10-8-6-4-3-5-7-9-11-13-15-17-20-24-28-32(35)29-25-21-18-22-26-30-33/h1,5,7,23,27,31-35H,3-4,6,8,10,12-17,19-20,24,28,30H2/b7-5-,27-23+/t31-,32?/m0/s1. The smallest absolute Gasteiger partial charge is 0.133 e. The van der Waals surface area contributed by atoms with Crippen molar-refractivity contribution < 1.29 is 15.3 Å². The van der Waals surface area contributed by atoms with Gasteiger partial charge in [-0.25, -0.2) is 0 Å². The summed E-state index contributed by atoms with van der Waals surface area (Å²) < 4.78 is 0. The van der Waals surface area contributed by atoms with Gasteiger partial charge < -0.3 is 15.3 Å². The average Bonchev–Trinajstić information content (AvgIpc) is 2.86. The van der Waals surface area contributed by atoms with Gasteiger partial charge >= 0.3 is 0 Å². The minimum atomic E-state index is -0.739. The number of hydrogen-bond acceptors (Lipinski definition) is 3. The summed E-state index contributed by atoms with van der Waals surface area (Å²) in [4.78, 5) is 0. The minimum absolute atomic E-state index is 0.211. The van der Waals surface area contributed by atoms with Crippen LogP contribution in [0.4, 0.5) is 0 Å². The molecule has 3 N–H and O–H groups in total. The molecule has 0 bridgehead atoms. The predicted octanol–water partition coefficient (Wildman–Crippen LogP) is 5.31. The summed E-state index contributed by atoms with van der Waals surface area (Å²) in [6.45, 7) is -0.211. The third-order valence-electron chi connectivity index (χ3n) is 5.16. The molecule has 0 aromatic heterocycles. The van der Waals surface area contributed by atoms with Crippen molar-refractivity contribution in [3.63, 3.8) is 0 Å². The van der Waals surface area contributed by atoms with Gasteiger partial charge in [0.25, 0.3) is 0 Å². The van der Waals surface area contributed by atoms with E-state index in [0.29, 0.717) is 6.42 Å². The highest BCUT2D eigenvalue weighted by Crippen LogP contribution is 2.10. The van der Waals surface area contributed by atoms with Gasteiger partial charge in [-0.15, -0.1) is 6.42 Å². The van der Waals surface area contributed by atoms with Crippen LogP contribution in [0, 0.1) is 59.7 Å². The van der Waals surface area contributed by atoms with Gasteiger partial charge in [0.05, 0.1) is 0 Å². The molecule has 0 spiro atoms. The summed E-state index contributed by atoms with van der Waals surface area (Å²) in [6, 6.07) is 0. The maximum atomic E-state index is 9.76. The molecule has 0 radical (unpaired) electrons. The number of aliphatic hydroxyl groups is 3. The molecule has 0 aliphatic heterocycles. The second-order valence-electron chi connectivity index (χ2n) is 8.26. The Balaban J connectivity index is 3.48. The summed E-state index contributed by atoms with van der Waals surface area (Å²) in [5, 5.41) is 27.4. The van der Waals surface area contributed by atoms with E-state index in [2.05, 4.69) is 59.4 Å². The van der Waals surface area contributed by atoms with Gasteiger partial charge in [-0.3, -0.25) is 0 Å². The van der Waals surface area contributed by atoms with Crippen LogP contribution in [0.3, 0.4) is 0 Å². The molecule has 3 heteroatoms. The Bertz CT molecular complexity index is 859. The van der Waals surface area contributed by atoms with Crippen LogP contribution >= 0.6 is 0 Å². The Labute approximate surface area is 214 Å². The number of allylic oxidation sites excluding steroid dienone is 3. The molecule has 0 saturated heterocycles. The lowest BCUT2D eigenvalue weighted by molar-refractivity contribution is 0.217. The highest BCUT2D eigenvalue weighted by atomic mass is 16.3. The molecule has 2 atom stereocenters. The summed E-state index contributed by atoms with van der Waals surface area (Å²) >= 11 is 0. The maximum Gasteiger partial charge on any atom is 0.133 e. The topological polar surface area (TPSA) is 60.7 Å². The number of aliphatic hydroxyl groups excluding tert-OH is 3. The Morgan fingerprint density at radius 3 is 2.03 bits per heavy atom. The zero-order valence-corrected chi connectivity index (χ0v) is 21.2. The van der Waals surface area contributed by atoms with Crippen LogP contribution in [-0.4, -0.2) is 34.1 Å². The lowest BCUT2D eigenvalue weighted by Gasteiger charge is -2.01. The van der Waals surface area contributed by atoms with Crippen molar-refractivity contribution >= 4 is 0 Å². The number of terminal acetylenes is 1. The highest BCUT2D eigenvalue weighted by molar-refractivity contribution is 5.36. The third-order valence-corrected chi connectivity index (χ3v) is 5.16. The summed E-state index contributed by atoms with van der Waals surface area (Å²) in [7, 11) is 0. The number of rotatable bonds is 17. The minimum Gasteiger partial charge on any atom is -0.384 e. The van der Waals surface area contributed by atoms with Crippen molar-refractivity contribution in [2.45, 2.75) is 109 Å². The van der Waals surface area contributed by atoms with Gasteiger partial charge in [0.2, 0.25) is 0 Å². The van der Waals surface area contributed by atoms with Gasteiger partial charge in [0.1, 0.15) is 18.8 Å². The fraction of sp³-hybridized carbons (Fsp3) is 0.562. The Kier molecular flexibility index (Phi) is 25.2. The van der Waals surface area contributed by atoms with Crippen LogP contribution in [-0.2, 0) is 0 Å². The number of hydrogen-bond donors (Lipinski definition) is 3. The molecule has 1 unspecified atom stereocenters. The summed E-state index contributed by atoms with van der Waals surface area (Å²) in [6.07, 6.45) is 28.2. The highest BCUT2D eigenvalue weighted by Gasteiger charge is 1.98. The van der Waals surface area contributed by atoms with E-state index in [9.17, 15) is 10.2 Å². The van der Waals surface area contributed by atoms with E-state index in [1.54, 1.807) is 6.08 Å². The van der Waals surface area contributed by atoms with Crippen LogP contribution in [0.15, 0.2) is 24.3 Å². The summed E-state index contributed by atoms with van der Waals surface area (Å²) in [5.41, 5.74) is 0. The molecule has 0 fully saturated rings. The lowest BCUT2D eigenvalue weighted by Crippen LogP contribution is -2.01. The number of unbranched alkanes of at least 4 members (excludes halogenated alkanes) is 12. The van der Waals surface area contributed by atoms with E-state index in [0.717, 1.165) is 51.4 Å². The quantitative estimate of drug-likeness (QED) is 0.152. The predicted molar refractivity (Wildman–Crippen MR) is 147 cm³/mol. The first-order valence-electron chi connectivity index (χ1n) is 12.9. The molecular weight excluding hydrogens is 432 g/mol. The van der Waals surface area contributed by atoms with E-state index in [-0.39, 0.29) is 6.61 Å². The largest absolute Gasteiger partial charge is 0.384 e. The molecule has 0 aliphatic carbocycles. The fourth-order valence-corrected chi connectivity index (χ4v) is 3.20. The van der Waals surface area contributed by atoms with Crippen molar-refractivity contribution in [3.8, 4) is 59.7 Å². The SMILES string of the molecule is C#C[C@H](O)/C=C/CCCCCCCCC/C=C\C#CCCCCCCC(O)C#CC#CC#CCO. The van der Waals surface area contributed by atoms with E-state index in [1.807, 2.05) is 12.2 Å². The second kappa shape index (κ2) is 27.4. The van der Waals surface area contributed by atoms with Gasteiger partial charge in [0.15, 0.2) is 0 Å². The molecule has 188 valence electrons. The third kappa shape index (κ3) is 27.3. The zero-order valence-electron chi connectivity index (χ0n) is 21.2. The molecule has 0 aliphatic rings. The zero-order chi connectivity index (χ0) is 25.7. The Hall–Kier alpha value is -2.84. The van der Waals surface area contributed by atoms with Crippen molar-refractivity contribution in [2.24, 2.45) is 0 Å². The first-order chi connectivity index (χ1) is 17.2. The van der Waals surface area contributed by atoms with Crippen LogP contribution in [0.5, 0.6) is 0 Å². The molecule has 0 aromatic rings. The summed E-state index contributed by atoms with van der Waals surface area (Å²) in [5.74, 6) is 23.7. The average molecular weight is 475 g/mol. The molecule has 0 amide bonds. The maximum absolute atomic E-state index is 9.76. The van der Waals surface area contributed by atoms with Gasteiger partial charge in [-0.05, 0) is 80.8 Å². The van der Waals surface area contributed by atoms with Crippen molar-refractivity contribution in [1.82, 2.24) is 0 Å². The van der Waals surface area contributed by atoms with E-state index in [4.69, 9.17) is 11.5 Å². The molecule has 0 rings (SSSR count). The molecule has 0 aromatic carbocycles. The first-order valence-corrected chi connectivity index (χ1v) is 12.9. The molecule has 0 heterocycles. The van der Waals surface area contributed by atoms with Gasteiger partial charge in [-0.2, -0.15) is 0 Å². The molecule has 0 saturated carbocycles. The monoisotopic (exact) mass is 474 g/mol. The Morgan fingerprint density at radius 2 is 1.31 bits per heavy atom. The molecular formula is C32H42O3. The molecule has 3 nitrogen and oxygen atoms in total. The van der Waals surface area contributed by atoms with Crippen LogP contribution < -0.4 is 0 Å². The van der Waals surface area contributed by atoms with Crippen molar-refractivity contribution in [3.05, 3.63) is 24.3 Å². The van der Waals surface area contributed by atoms with Crippen LogP contribution in [0.1, 0.15) is 96.3 Å². The van der Waals surface area contributed by atoms with Crippen LogP contribution in [0.25, 0.3) is 0 Å². The van der Waals surface area contributed by atoms with E-state index in [1.165, 1.54) is 38.5 Å². The first kappa shape index (κ1) is 32.2.